The molecule has 0 heterocycles. The second-order valence-electron chi connectivity index (χ2n) is 0.946. The van der Waals surface area contributed by atoms with Crippen LogP contribution in [0.15, 0.2) is 0 Å². The molecule has 0 aromatic carbocycles. The summed E-state index contributed by atoms with van der Waals surface area (Å²) in [7, 11) is -4.63. The Balaban J connectivity index is 0. The van der Waals surface area contributed by atoms with Crippen molar-refractivity contribution in [2.45, 2.75) is 6.92 Å². The Kier molecular flexibility index (Phi) is 6.12. The molecule has 0 radical (unpaired) electrons. The van der Waals surface area contributed by atoms with Gasteiger partial charge in [-0.2, -0.15) is 0 Å². The van der Waals surface area contributed by atoms with E-state index in [4.69, 9.17) is 0 Å². The third-order valence-electron chi connectivity index (χ3n) is 0.352. The summed E-state index contributed by atoms with van der Waals surface area (Å²) in [6.45, 7) is 0.711. The molecule has 4 nitrogen and oxygen atoms in total. The molecule has 0 aliphatic rings. The molecule has 0 atom stereocenters. The maximum Gasteiger partial charge on any atom is 1.00 e. The van der Waals surface area contributed by atoms with Crippen LogP contribution < -0.4 is 51.4 Å². The maximum atomic E-state index is 9.56. The molecule has 0 aromatic heterocycles. The van der Waals surface area contributed by atoms with Gasteiger partial charge in [0.1, 0.15) is 0 Å². The molecule has 0 aliphatic heterocycles. The van der Waals surface area contributed by atoms with Crippen LogP contribution in [0.2, 0.25) is 0 Å². The average molecular weight is 162 g/mol. The minimum Gasteiger partial charge on any atom is -0.742 e. The standard InChI is InChI=1S/C2H4O4S.K/c1-2(3)7(4,5)6;/h1H3,(H,4,5,6);/q;+1/p-1. The van der Waals surface area contributed by atoms with Crippen LogP contribution in [0, 0.1) is 0 Å². The monoisotopic (exact) mass is 162 g/mol. The predicted octanol–water partition coefficient (Wildman–Crippen LogP) is -3.92. The molecule has 0 bridgehead atoms. The molecule has 0 saturated heterocycles. The number of carbonyl (C=O) groups excluding carboxylic acids is 1. The topological polar surface area (TPSA) is 74.3 Å². The van der Waals surface area contributed by atoms with Crippen LogP contribution in [0.1, 0.15) is 6.92 Å². The first-order chi connectivity index (χ1) is 2.94. The largest absolute Gasteiger partial charge is 1.00 e. The van der Waals surface area contributed by atoms with Gasteiger partial charge in [0.25, 0.3) is 0 Å². The summed E-state index contributed by atoms with van der Waals surface area (Å²) in [4.78, 5) is 9.56. The number of rotatable bonds is 0. The molecule has 6 heteroatoms. The third kappa shape index (κ3) is 5.35. The van der Waals surface area contributed by atoms with Gasteiger partial charge in [-0.25, -0.2) is 8.42 Å². The van der Waals surface area contributed by atoms with Gasteiger partial charge in [-0.1, -0.05) is 0 Å². The van der Waals surface area contributed by atoms with Gasteiger partial charge in [0, 0.05) is 6.92 Å². The van der Waals surface area contributed by atoms with Crippen LogP contribution in [0.4, 0.5) is 0 Å². The Hall–Kier alpha value is 1.22. The molecule has 8 heavy (non-hydrogen) atoms. The van der Waals surface area contributed by atoms with Crippen molar-refractivity contribution >= 4 is 15.2 Å². The van der Waals surface area contributed by atoms with E-state index in [1.54, 1.807) is 0 Å². The molecule has 0 rings (SSSR count). The van der Waals surface area contributed by atoms with Crippen LogP contribution in [-0.2, 0) is 14.9 Å². The average Bonchev–Trinajstić information content (AvgIpc) is 1.31. The van der Waals surface area contributed by atoms with Gasteiger partial charge in [0.15, 0.2) is 10.1 Å². The second kappa shape index (κ2) is 4.10. The van der Waals surface area contributed by atoms with Crippen molar-refractivity contribution in [1.29, 1.82) is 0 Å². The maximum absolute atomic E-state index is 9.56. The van der Waals surface area contributed by atoms with Crippen LogP contribution in [0.3, 0.4) is 0 Å². The van der Waals surface area contributed by atoms with Crippen LogP contribution in [-0.4, -0.2) is 18.1 Å². The van der Waals surface area contributed by atoms with Crippen molar-refractivity contribution in [2.75, 3.05) is 0 Å². The van der Waals surface area contributed by atoms with Crippen LogP contribution in [0.25, 0.3) is 0 Å². The van der Waals surface area contributed by atoms with E-state index >= 15 is 0 Å². The number of hydrogen-bond acceptors (Lipinski definition) is 4. The number of hydrogen-bond donors (Lipinski definition) is 0. The Bertz CT molecular complexity index is 168. The van der Waals surface area contributed by atoms with E-state index in [0.717, 1.165) is 0 Å². The van der Waals surface area contributed by atoms with E-state index in [0.29, 0.717) is 6.92 Å². The van der Waals surface area contributed by atoms with Gasteiger partial charge < -0.3 is 4.55 Å². The van der Waals surface area contributed by atoms with E-state index in [-0.39, 0.29) is 51.4 Å². The Morgan fingerprint density at radius 3 is 1.62 bits per heavy atom. The first-order valence-electron chi connectivity index (χ1n) is 1.41. The van der Waals surface area contributed by atoms with E-state index < -0.39 is 15.2 Å². The normalized spacial score (nSPS) is 9.75. The molecule has 0 aromatic rings. The molecule has 0 unspecified atom stereocenters. The predicted molar refractivity (Wildman–Crippen MR) is 20.4 cm³/mol. The summed E-state index contributed by atoms with van der Waals surface area (Å²) in [5, 5.41) is -1.34. The molecule has 42 valence electrons. The molecular formula is C2H3KO4S. The van der Waals surface area contributed by atoms with Gasteiger partial charge in [-0.05, 0) is 0 Å². The number of carbonyl (C=O) groups is 1. The van der Waals surface area contributed by atoms with Crippen LogP contribution in [0.5, 0.6) is 0 Å². The second-order valence-corrected chi connectivity index (χ2v) is 2.43. The van der Waals surface area contributed by atoms with Gasteiger partial charge >= 0.3 is 51.4 Å². The molecule has 0 N–H and O–H groups in total. The van der Waals surface area contributed by atoms with Crippen molar-refractivity contribution in [1.82, 2.24) is 0 Å². The first kappa shape index (κ1) is 11.9. The zero-order valence-electron chi connectivity index (χ0n) is 4.54. The van der Waals surface area contributed by atoms with Crippen molar-refractivity contribution in [3.05, 3.63) is 0 Å². The van der Waals surface area contributed by atoms with Gasteiger partial charge in [-0.3, -0.25) is 4.79 Å². The fourth-order valence-corrected chi connectivity index (χ4v) is 0. The molecular weight excluding hydrogens is 159 g/mol. The summed E-state index contributed by atoms with van der Waals surface area (Å²) in [5.41, 5.74) is 0. The molecule has 0 saturated carbocycles. The summed E-state index contributed by atoms with van der Waals surface area (Å²) in [6, 6.07) is 0. The van der Waals surface area contributed by atoms with E-state index in [1.807, 2.05) is 0 Å². The van der Waals surface area contributed by atoms with E-state index in [2.05, 4.69) is 0 Å². The Labute approximate surface area is 89.8 Å². The van der Waals surface area contributed by atoms with Gasteiger partial charge in [-0.15, -0.1) is 0 Å². The SMILES string of the molecule is CC(=O)S(=O)(=O)[O-].[K+]. The zero-order chi connectivity index (χ0) is 6.08. The van der Waals surface area contributed by atoms with Crippen LogP contribution >= 0.6 is 0 Å². The quantitative estimate of drug-likeness (QED) is 0.269. The van der Waals surface area contributed by atoms with Gasteiger partial charge in [0.2, 0.25) is 5.12 Å². The summed E-state index contributed by atoms with van der Waals surface area (Å²) < 4.78 is 28.3. The molecule has 0 amide bonds. The van der Waals surface area contributed by atoms with Gasteiger partial charge in [0.05, 0.1) is 0 Å². The summed E-state index contributed by atoms with van der Waals surface area (Å²) >= 11 is 0. The Morgan fingerprint density at radius 2 is 1.62 bits per heavy atom. The van der Waals surface area contributed by atoms with Crippen molar-refractivity contribution in [2.24, 2.45) is 0 Å². The van der Waals surface area contributed by atoms with E-state index in [1.165, 1.54) is 0 Å². The summed E-state index contributed by atoms with van der Waals surface area (Å²) in [6.07, 6.45) is 0. The Morgan fingerprint density at radius 1 is 1.50 bits per heavy atom. The third-order valence-corrected chi connectivity index (χ3v) is 1.06. The van der Waals surface area contributed by atoms with E-state index in [9.17, 15) is 17.8 Å². The minimum atomic E-state index is -4.63. The van der Waals surface area contributed by atoms with Crippen molar-refractivity contribution in [3.63, 3.8) is 0 Å². The smallest absolute Gasteiger partial charge is 0.742 e. The molecule has 0 aliphatic carbocycles. The van der Waals surface area contributed by atoms with Crippen molar-refractivity contribution < 1.29 is 69.1 Å². The fraction of sp³-hybridized carbons (Fsp3) is 0.500. The minimum absolute atomic E-state index is 0. The molecule has 0 spiro atoms. The van der Waals surface area contributed by atoms with Crippen molar-refractivity contribution in [3.8, 4) is 0 Å². The summed E-state index contributed by atoms with van der Waals surface area (Å²) in [5.74, 6) is 0. The first-order valence-corrected chi connectivity index (χ1v) is 2.82. The molecule has 0 fully saturated rings. The fourth-order valence-electron chi connectivity index (χ4n) is 0. The zero-order valence-corrected chi connectivity index (χ0v) is 8.48.